The van der Waals surface area contributed by atoms with Gasteiger partial charge in [-0.3, -0.25) is 0 Å². The van der Waals surface area contributed by atoms with E-state index in [1.54, 1.807) is 19.2 Å². The molecular formula is C27H36N2O3. The maximum Gasteiger partial charge on any atom is 0.337 e. The second-order valence-corrected chi connectivity index (χ2v) is 8.77. The van der Waals surface area contributed by atoms with Gasteiger partial charge in [0.05, 0.1) is 31.3 Å². The van der Waals surface area contributed by atoms with Crippen molar-refractivity contribution in [2.75, 3.05) is 34.4 Å². The van der Waals surface area contributed by atoms with Crippen LogP contribution in [0.4, 0.5) is 0 Å². The van der Waals surface area contributed by atoms with Crippen molar-refractivity contribution in [2.45, 2.75) is 45.4 Å². The van der Waals surface area contributed by atoms with Crippen LogP contribution in [-0.4, -0.2) is 45.2 Å². The molecule has 5 heteroatoms. The third-order valence-electron chi connectivity index (χ3n) is 6.37. The zero-order valence-electron chi connectivity index (χ0n) is 20.3. The Bertz CT molecular complexity index is 931. The molecule has 0 saturated heterocycles. The highest BCUT2D eigenvalue weighted by atomic mass is 16.5. The second kappa shape index (κ2) is 11.7. The number of carbonyl (C=O) groups excluding carboxylic acids is 1. The molecule has 0 N–H and O–H groups in total. The van der Waals surface area contributed by atoms with Gasteiger partial charge in [0.15, 0.2) is 0 Å². The minimum absolute atomic E-state index is 0.154. The second-order valence-electron chi connectivity index (χ2n) is 8.77. The SMILES string of the molecule is COC(=O)c1ccc(C(C#N)(CCCN(C)CCc2ccc(C)c(OC)c2)C(C)C)cc1. The molecule has 172 valence electrons. The number of carbonyl (C=O) groups is 1. The average molecular weight is 437 g/mol. The number of nitriles is 1. The first kappa shape index (κ1) is 25.4. The lowest BCUT2D eigenvalue weighted by Gasteiger charge is -2.32. The summed E-state index contributed by atoms with van der Waals surface area (Å²) in [5.41, 5.74) is 3.28. The number of rotatable bonds is 11. The predicted octanol–water partition coefficient (Wildman–Crippen LogP) is 5.16. The smallest absolute Gasteiger partial charge is 0.337 e. The Balaban J connectivity index is 1.99. The fraction of sp³-hybridized carbons (Fsp3) is 0.481. The van der Waals surface area contributed by atoms with E-state index in [-0.39, 0.29) is 11.9 Å². The van der Waals surface area contributed by atoms with Crippen LogP contribution in [0.3, 0.4) is 0 Å². The van der Waals surface area contributed by atoms with Crippen LogP contribution in [-0.2, 0) is 16.6 Å². The number of esters is 1. The molecule has 0 spiro atoms. The summed E-state index contributed by atoms with van der Waals surface area (Å²) in [6, 6.07) is 16.2. The van der Waals surface area contributed by atoms with E-state index in [0.29, 0.717) is 5.56 Å². The van der Waals surface area contributed by atoms with Crippen molar-refractivity contribution >= 4 is 5.97 Å². The Labute approximate surface area is 193 Å². The van der Waals surface area contributed by atoms with Crippen LogP contribution < -0.4 is 4.74 Å². The van der Waals surface area contributed by atoms with Gasteiger partial charge in [-0.05, 0) is 80.6 Å². The molecule has 1 unspecified atom stereocenters. The third-order valence-corrected chi connectivity index (χ3v) is 6.37. The number of hydrogen-bond donors (Lipinski definition) is 0. The predicted molar refractivity (Wildman–Crippen MR) is 128 cm³/mol. The molecule has 0 heterocycles. The molecule has 5 nitrogen and oxygen atoms in total. The molecule has 2 aromatic carbocycles. The Kier molecular flexibility index (Phi) is 9.28. The van der Waals surface area contributed by atoms with Gasteiger partial charge in [0.1, 0.15) is 5.75 Å². The molecule has 2 rings (SSSR count). The zero-order valence-corrected chi connectivity index (χ0v) is 20.3. The van der Waals surface area contributed by atoms with Crippen LogP contribution in [0.2, 0.25) is 0 Å². The Morgan fingerprint density at radius 3 is 2.38 bits per heavy atom. The van der Waals surface area contributed by atoms with Gasteiger partial charge in [-0.2, -0.15) is 5.26 Å². The maximum atomic E-state index is 11.7. The maximum absolute atomic E-state index is 11.7. The lowest BCUT2D eigenvalue weighted by Crippen LogP contribution is -2.32. The first-order valence-electron chi connectivity index (χ1n) is 11.2. The van der Waals surface area contributed by atoms with E-state index < -0.39 is 5.41 Å². The number of hydrogen-bond acceptors (Lipinski definition) is 5. The lowest BCUT2D eigenvalue weighted by molar-refractivity contribution is 0.0600. The molecule has 0 aromatic heterocycles. The van der Waals surface area contributed by atoms with Gasteiger partial charge in [0.25, 0.3) is 0 Å². The average Bonchev–Trinajstić information content (AvgIpc) is 2.80. The summed E-state index contributed by atoms with van der Waals surface area (Å²) in [5.74, 6) is 0.720. The van der Waals surface area contributed by atoms with E-state index in [9.17, 15) is 10.1 Å². The van der Waals surface area contributed by atoms with Crippen LogP contribution in [0.25, 0.3) is 0 Å². The number of nitrogens with zero attached hydrogens (tertiary/aromatic N) is 2. The molecule has 1 atom stereocenters. The van der Waals surface area contributed by atoms with Crippen molar-refractivity contribution in [2.24, 2.45) is 5.92 Å². The molecule has 0 aliphatic carbocycles. The Morgan fingerprint density at radius 2 is 1.81 bits per heavy atom. The van der Waals surface area contributed by atoms with Crippen LogP contribution in [0.1, 0.15) is 53.7 Å². The summed E-state index contributed by atoms with van der Waals surface area (Å²) in [6.45, 7) is 8.09. The first-order valence-corrected chi connectivity index (χ1v) is 11.2. The highest BCUT2D eigenvalue weighted by Crippen LogP contribution is 2.36. The standard InChI is InChI=1S/C27H36N2O3/c1-20(2)27(19-28,24-12-10-23(11-13-24)26(30)32-6)15-7-16-29(4)17-14-22-9-8-21(3)25(18-22)31-5/h8-13,18,20H,7,14-17H2,1-6H3. The summed E-state index contributed by atoms with van der Waals surface area (Å²) in [4.78, 5) is 14.1. The minimum Gasteiger partial charge on any atom is -0.496 e. The van der Waals surface area contributed by atoms with Gasteiger partial charge in [0.2, 0.25) is 0 Å². The van der Waals surface area contributed by atoms with Crippen molar-refractivity contribution in [3.8, 4) is 11.8 Å². The summed E-state index contributed by atoms with van der Waals surface area (Å²) < 4.78 is 10.2. The van der Waals surface area contributed by atoms with Crippen molar-refractivity contribution in [3.63, 3.8) is 0 Å². The summed E-state index contributed by atoms with van der Waals surface area (Å²) >= 11 is 0. The van der Waals surface area contributed by atoms with Gasteiger partial charge >= 0.3 is 5.97 Å². The number of likely N-dealkylation sites (N-methyl/N-ethyl adjacent to an activating group) is 1. The topological polar surface area (TPSA) is 62.6 Å². The van der Waals surface area contributed by atoms with Crippen LogP contribution in [0.15, 0.2) is 42.5 Å². The van der Waals surface area contributed by atoms with Crippen molar-refractivity contribution in [1.82, 2.24) is 4.90 Å². The molecule has 0 radical (unpaired) electrons. The van der Waals surface area contributed by atoms with Crippen molar-refractivity contribution < 1.29 is 14.3 Å². The van der Waals surface area contributed by atoms with Gasteiger partial charge in [-0.15, -0.1) is 0 Å². The molecule has 0 bridgehead atoms. The molecule has 0 saturated carbocycles. The van der Waals surface area contributed by atoms with E-state index in [0.717, 1.165) is 49.2 Å². The number of ether oxygens (including phenoxy) is 2. The minimum atomic E-state index is -0.584. The normalized spacial score (nSPS) is 13.0. The first-order chi connectivity index (χ1) is 15.3. The molecule has 0 aliphatic rings. The molecule has 0 amide bonds. The molecule has 0 fully saturated rings. The summed E-state index contributed by atoms with van der Waals surface area (Å²) in [5, 5.41) is 10.1. The van der Waals surface area contributed by atoms with Gasteiger partial charge < -0.3 is 14.4 Å². The Morgan fingerprint density at radius 1 is 1.12 bits per heavy atom. The van der Waals surface area contributed by atoms with Crippen molar-refractivity contribution in [1.29, 1.82) is 5.26 Å². The highest BCUT2D eigenvalue weighted by Gasteiger charge is 2.35. The highest BCUT2D eigenvalue weighted by molar-refractivity contribution is 5.89. The zero-order chi connectivity index (χ0) is 23.7. The third kappa shape index (κ3) is 6.11. The van der Waals surface area contributed by atoms with E-state index in [4.69, 9.17) is 9.47 Å². The van der Waals surface area contributed by atoms with Gasteiger partial charge in [0, 0.05) is 6.54 Å². The van der Waals surface area contributed by atoms with E-state index in [1.807, 2.05) is 19.1 Å². The van der Waals surface area contributed by atoms with E-state index >= 15 is 0 Å². The largest absolute Gasteiger partial charge is 0.496 e. The Hall–Kier alpha value is -2.84. The van der Waals surface area contributed by atoms with Crippen molar-refractivity contribution in [3.05, 3.63) is 64.7 Å². The fourth-order valence-electron chi connectivity index (χ4n) is 4.12. The summed E-state index contributed by atoms with van der Waals surface area (Å²) in [7, 11) is 5.20. The molecule has 2 aromatic rings. The number of methoxy groups -OCH3 is 2. The molecule has 0 aliphatic heterocycles. The van der Waals surface area contributed by atoms with Crippen LogP contribution >= 0.6 is 0 Å². The fourth-order valence-corrected chi connectivity index (χ4v) is 4.12. The van der Waals surface area contributed by atoms with Crippen LogP contribution in [0.5, 0.6) is 5.75 Å². The van der Waals surface area contributed by atoms with E-state index in [2.05, 4.69) is 50.1 Å². The quantitative estimate of drug-likeness (QED) is 0.455. The number of aryl methyl sites for hydroxylation is 1. The number of benzene rings is 2. The van der Waals surface area contributed by atoms with E-state index in [1.165, 1.54) is 12.7 Å². The molecular weight excluding hydrogens is 400 g/mol. The van der Waals surface area contributed by atoms with Gasteiger partial charge in [-0.25, -0.2) is 4.79 Å². The lowest BCUT2D eigenvalue weighted by atomic mass is 9.69. The monoisotopic (exact) mass is 436 g/mol. The van der Waals surface area contributed by atoms with Crippen LogP contribution in [0, 0.1) is 24.2 Å². The summed E-state index contributed by atoms with van der Waals surface area (Å²) in [6.07, 6.45) is 2.63. The molecule has 32 heavy (non-hydrogen) atoms. The van der Waals surface area contributed by atoms with Gasteiger partial charge in [-0.1, -0.05) is 38.1 Å².